The summed E-state index contributed by atoms with van der Waals surface area (Å²) in [5, 5.41) is 0. The molecule has 30 heavy (non-hydrogen) atoms. The second-order valence-corrected chi connectivity index (χ2v) is 8.05. The third kappa shape index (κ3) is 3.18. The van der Waals surface area contributed by atoms with Gasteiger partial charge in [-0.15, -0.1) is 0 Å². The summed E-state index contributed by atoms with van der Waals surface area (Å²) in [4.78, 5) is 25.6. The van der Waals surface area contributed by atoms with Crippen molar-refractivity contribution < 1.29 is 19.1 Å². The lowest BCUT2D eigenvalue weighted by atomic mass is 9.86. The number of aryl methyl sites for hydroxylation is 1. The van der Waals surface area contributed by atoms with E-state index in [1.54, 1.807) is 24.3 Å². The van der Waals surface area contributed by atoms with E-state index in [9.17, 15) is 9.59 Å². The highest BCUT2D eigenvalue weighted by molar-refractivity contribution is 5.90. The van der Waals surface area contributed by atoms with E-state index < -0.39 is 12.2 Å². The highest BCUT2D eigenvalue weighted by Gasteiger charge is 2.55. The maximum atomic E-state index is 12.8. The predicted molar refractivity (Wildman–Crippen MR) is 113 cm³/mol. The molecule has 0 saturated heterocycles. The Labute approximate surface area is 175 Å². The lowest BCUT2D eigenvalue weighted by Gasteiger charge is -2.32. The first-order chi connectivity index (χ1) is 14.6. The molecule has 4 nitrogen and oxygen atoms in total. The molecule has 0 N–H and O–H groups in total. The van der Waals surface area contributed by atoms with Crippen molar-refractivity contribution in [3.63, 3.8) is 0 Å². The van der Waals surface area contributed by atoms with Crippen molar-refractivity contribution in [1.82, 2.24) is 0 Å². The van der Waals surface area contributed by atoms with Gasteiger partial charge in [-0.25, -0.2) is 9.59 Å². The van der Waals surface area contributed by atoms with Crippen LogP contribution >= 0.6 is 0 Å². The van der Waals surface area contributed by atoms with Crippen molar-refractivity contribution in [1.29, 1.82) is 0 Å². The molecule has 3 aromatic rings. The molecule has 0 radical (unpaired) electrons. The Hall–Kier alpha value is -3.40. The molecule has 1 saturated carbocycles. The summed E-state index contributed by atoms with van der Waals surface area (Å²) < 4.78 is 11.9. The molecule has 0 heterocycles. The van der Waals surface area contributed by atoms with E-state index in [1.165, 1.54) is 16.7 Å². The number of carbonyl (C=O) groups is 2. The molecule has 5 rings (SSSR count). The van der Waals surface area contributed by atoms with Crippen molar-refractivity contribution in [2.45, 2.75) is 37.4 Å². The Morgan fingerprint density at radius 1 is 0.700 bits per heavy atom. The minimum atomic E-state index is -0.496. The molecule has 2 aliphatic rings. The molecule has 2 bridgehead atoms. The quantitative estimate of drug-likeness (QED) is 0.579. The van der Waals surface area contributed by atoms with Crippen LogP contribution in [0, 0.1) is 6.92 Å². The van der Waals surface area contributed by atoms with Crippen LogP contribution in [-0.4, -0.2) is 24.1 Å². The molecule has 0 aliphatic heterocycles. The fourth-order valence-electron chi connectivity index (χ4n) is 4.79. The van der Waals surface area contributed by atoms with Gasteiger partial charge in [0.25, 0.3) is 0 Å². The summed E-state index contributed by atoms with van der Waals surface area (Å²) in [5.41, 5.74) is 4.57. The zero-order valence-corrected chi connectivity index (χ0v) is 16.7. The van der Waals surface area contributed by atoms with E-state index in [0.717, 1.165) is 6.42 Å². The Kier molecular flexibility index (Phi) is 4.62. The van der Waals surface area contributed by atoms with Crippen LogP contribution in [0.2, 0.25) is 0 Å². The summed E-state index contributed by atoms with van der Waals surface area (Å²) >= 11 is 0. The zero-order valence-electron chi connectivity index (χ0n) is 16.7. The van der Waals surface area contributed by atoms with Crippen molar-refractivity contribution in [2.24, 2.45) is 0 Å². The second kappa shape index (κ2) is 7.45. The first-order valence-corrected chi connectivity index (χ1v) is 10.2. The van der Waals surface area contributed by atoms with Crippen LogP contribution in [0.1, 0.15) is 55.7 Å². The summed E-state index contributed by atoms with van der Waals surface area (Å²) in [7, 11) is 0. The predicted octanol–water partition coefficient (Wildman–Crippen LogP) is 5.03. The number of hydrogen-bond donors (Lipinski definition) is 0. The Morgan fingerprint density at radius 2 is 1.20 bits per heavy atom. The molecule has 0 spiro atoms. The molecule has 0 amide bonds. The maximum Gasteiger partial charge on any atom is 0.338 e. The van der Waals surface area contributed by atoms with Crippen LogP contribution < -0.4 is 0 Å². The van der Waals surface area contributed by atoms with Gasteiger partial charge in [0.2, 0.25) is 0 Å². The van der Waals surface area contributed by atoms with Crippen LogP contribution in [0.15, 0.2) is 78.9 Å². The van der Waals surface area contributed by atoms with Gasteiger partial charge in [-0.05, 0) is 48.7 Å². The van der Waals surface area contributed by atoms with E-state index in [1.807, 2.05) is 36.4 Å². The van der Waals surface area contributed by atoms with Crippen molar-refractivity contribution in [3.05, 3.63) is 107 Å². The van der Waals surface area contributed by atoms with E-state index in [-0.39, 0.29) is 23.8 Å². The Bertz CT molecular complexity index is 1090. The lowest BCUT2D eigenvalue weighted by Crippen LogP contribution is -2.39. The van der Waals surface area contributed by atoms with Gasteiger partial charge in [-0.3, -0.25) is 0 Å². The Morgan fingerprint density at radius 3 is 1.73 bits per heavy atom. The minimum Gasteiger partial charge on any atom is -0.454 e. The average molecular weight is 398 g/mol. The largest absolute Gasteiger partial charge is 0.454 e. The monoisotopic (exact) mass is 398 g/mol. The first kappa shape index (κ1) is 18.6. The van der Waals surface area contributed by atoms with Crippen LogP contribution in [0.5, 0.6) is 0 Å². The van der Waals surface area contributed by atoms with E-state index in [0.29, 0.717) is 11.1 Å². The topological polar surface area (TPSA) is 52.6 Å². The van der Waals surface area contributed by atoms with E-state index in [4.69, 9.17) is 9.47 Å². The van der Waals surface area contributed by atoms with Crippen molar-refractivity contribution in [2.75, 3.05) is 0 Å². The highest BCUT2D eigenvalue weighted by atomic mass is 16.6. The molecular formula is C26H22O4. The van der Waals surface area contributed by atoms with E-state index >= 15 is 0 Å². The molecule has 1 unspecified atom stereocenters. The van der Waals surface area contributed by atoms with Gasteiger partial charge in [0.1, 0.15) is 12.2 Å². The summed E-state index contributed by atoms with van der Waals surface area (Å²) in [6, 6.07) is 24.3. The summed E-state index contributed by atoms with van der Waals surface area (Å²) in [6.45, 7) is 2.06. The number of rotatable bonds is 4. The maximum absolute atomic E-state index is 12.8. The fraction of sp³-hybridized carbons (Fsp3) is 0.231. The third-order valence-corrected chi connectivity index (χ3v) is 6.17. The lowest BCUT2D eigenvalue weighted by molar-refractivity contribution is -0.0348. The fourth-order valence-corrected chi connectivity index (χ4v) is 4.79. The number of carbonyl (C=O) groups excluding carboxylic acids is 2. The minimum absolute atomic E-state index is 0.0335. The van der Waals surface area contributed by atoms with Crippen molar-refractivity contribution >= 4 is 11.9 Å². The molecule has 0 aromatic heterocycles. The second-order valence-electron chi connectivity index (χ2n) is 8.05. The van der Waals surface area contributed by atoms with Crippen LogP contribution in [0.3, 0.4) is 0 Å². The summed E-state index contributed by atoms with van der Waals surface area (Å²) in [6.07, 6.45) is -0.173. The normalized spacial score (nSPS) is 23.6. The van der Waals surface area contributed by atoms with Gasteiger partial charge in [0.15, 0.2) is 0 Å². The number of ether oxygens (including phenoxy) is 2. The smallest absolute Gasteiger partial charge is 0.338 e. The average Bonchev–Trinajstić information content (AvgIpc) is 3.31. The number of fused-ring (bicyclic) bond motifs is 5. The molecule has 4 heteroatoms. The molecular weight excluding hydrogens is 376 g/mol. The summed E-state index contributed by atoms with van der Waals surface area (Å²) in [5.74, 6) is -0.705. The molecule has 2 aliphatic carbocycles. The SMILES string of the molecule is Cc1ccc2c(c1)C1C[C@H]2[C@H](OC(=O)c2ccccc2)[C@@H]1OC(=O)c1ccccc1. The van der Waals surface area contributed by atoms with Crippen LogP contribution in [0.25, 0.3) is 0 Å². The number of esters is 2. The molecule has 4 atom stereocenters. The molecule has 150 valence electrons. The van der Waals surface area contributed by atoms with Gasteiger partial charge >= 0.3 is 11.9 Å². The molecule has 1 fully saturated rings. The van der Waals surface area contributed by atoms with Gasteiger partial charge in [-0.1, -0.05) is 60.2 Å². The van der Waals surface area contributed by atoms with Gasteiger partial charge in [0, 0.05) is 11.8 Å². The van der Waals surface area contributed by atoms with Crippen LogP contribution in [-0.2, 0) is 9.47 Å². The molecule has 3 aromatic carbocycles. The van der Waals surface area contributed by atoms with E-state index in [2.05, 4.69) is 25.1 Å². The third-order valence-electron chi connectivity index (χ3n) is 6.17. The van der Waals surface area contributed by atoms with Gasteiger partial charge < -0.3 is 9.47 Å². The number of hydrogen-bond acceptors (Lipinski definition) is 4. The van der Waals surface area contributed by atoms with Crippen LogP contribution in [0.4, 0.5) is 0 Å². The highest BCUT2D eigenvalue weighted by Crippen LogP contribution is 2.55. The Balaban J connectivity index is 1.46. The zero-order chi connectivity index (χ0) is 20.7. The van der Waals surface area contributed by atoms with Gasteiger partial charge in [-0.2, -0.15) is 0 Å². The standard InChI is InChI=1S/C26H22O4/c1-16-12-13-19-20(14-16)22-15-21(19)23(29-25(27)17-8-4-2-5-9-17)24(22)30-26(28)18-10-6-3-7-11-18/h2-14,21-24H,15H2,1H3/t21-,22?,23+,24-/m1/s1. The van der Waals surface area contributed by atoms with Crippen molar-refractivity contribution in [3.8, 4) is 0 Å². The first-order valence-electron chi connectivity index (χ1n) is 10.2. The van der Waals surface area contributed by atoms with Gasteiger partial charge in [0.05, 0.1) is 11.1 Å². The number of benzene rings is 3.